The Kier molecular flexibility index (Phi) is 4.48. The van der Waals surface area contributed by atoms with Crippen LogP contribution in [-0.2, 0) is 27.2 Å². The summed E-state index contributed by atoms with van der Waals surface area (Å²) in [6, 6.07) is 10.1. The third-order valence-electron chi connectivity index (χ3n) is 4.38. The molecule has 2 aromatic heterocycles. The van der Waals surface area contributed by atoms with Gasteiger partial charge in [0.1, 0.15) is 0 Å². The molecule has 1 aromatic carbocycles. The average molecular weight is 341 g/mol. The largest absolute Gasteiger partial charge is 0.341 e. The number of rotatable bonds is 5. The Hall–Kier alpha value is -2.83. The van der Waals surface area contributed by atoms with Crippen molar-refractivity contribution in [2.75, 3.05) is 11.9 Å². The lowest BCUT2D eigenvalue weighted by molar-refractivity contribution is 0.666. The molecule has 0 bridgehead atoms. The predicted molar refractivity (Wildman–Crippen MR) is 99.1 cm³/mol. The standard InChI is InChI=1S/C18H23N5O2/c1-5-11-23-14-15(21(3)18(25)22(4)16(14)24)19-17(23)20(2)12-13-9-7-6-8-10-13/h6-10H,5,11-12H2,1-4H3. The van der Waals surface area contributed by atoms with Gasteiger partial charge in [-0.15, -0.1) is 0 Å². The van der Waals surface area contributed by atoms with E-state index < -0.39 is 0 Å². The van der Waals surface area contributed by atoms with E-state index in [9.17, 15) is 9.59 Å². The molecule has 7 heteroatoms. The van der Waals surface area contributed by atoms with Crippen molar-refractivity contribution in [2.24, 2.45) is 14.1 Å². The Balaban J connectivity index is 2.19. The van der Waals surface area contributed by atoms with E-state index >= 15 is 0 Å². The Morgan fingerprint density at radius 2 is 1.76 bits per heavy atom. The zero-order valence-corrected chi connectivity index (χ0v) is 15.1. The molecule has 25 heavy (non-hydrogen) atoms. The van der Waals surface area contributed by atoms with Crippen molar-refractivity contribution >= 4 is 17.1 Å². The lowest BCUT2D eigenvalue weighted by atomic mass is 10.2. The highest BCUT2D eigenvalue weighted by molar-refractivity contribution is 5.74. The molecule has 0 saturated carbocycles. The molecule has 132 valence electrons. The van der Waals surface area contributed by atoms with Crippen LogP contribution >= 0.6 is 0 Å². The molecule has 2 heterocycles. The van der Waals surface area contributed by atoms with Crippen LogP contribution in [0.25, 0.3) is 11.2 Å². The van der Waals surface area contributed by atoms with Crippen LogP contribution in [0.5, 0.6) is 0 Å². The zero-order chi connectivity index (χ0) is 18.1. The number of imidazole rings is 1. The quantitative estimate of drug-likeness (QED) is 0.705. The van der Waals surface area contributed by atoms with Gasteiger partial charge in [-0.1, -0.05) is 37.3 Å². The topological polar surface area (TPSA) is 65.1 Å². The molecule has 0 fully saturated rings. The Morgan fingerprint density at radius 3 is 2.40 bits per heavy atom. The second-order valence-electron chi connectivity index (χ2n) is 6.28. The van der Waals surface area contributed by atoms with Crippen LogP contribution in [0.2, 0.25) is 0 Å². The molecular weight excluding hydrogens is 318 g/mol. The highest BCUT2D eigenvalue weighted by Gasteiger charge is 2.20. The van der Waals surface area contributed by atoms with Gasteiger partial charge in [-0.2, -0.15) is 4.98 Å². The summed E-state index contributed by atoms with van der Waals surface area (Å²) in [7, 11) is 5.10. The molecule has 3 rings (SSSR count). The van der Waals surface area contributed by atoms with Crippen LogP contribution in [0.3, 0.4) is 0 Å². The van der Waals surface area contributed by atoms with Gasteiger partial charge < -0.3 is 9.47 Å². The summed E-state index contributed by atoms with van der Waals surface area (Å²) >= 11 is 0. The van der Waals surface area contributed by atoms with Crippen molar-refractivity contribution in [3.63, 3.8) is 0 Å². The van der Waals surface area contributed by atoms with E-state index in [0.29, 0.717) is 30.2 Å². The summed E-state index contributed by atoms with van der Waals surface area (Å²) in [5, 5.41) is 0. The van der Waals surface area contributed by atoms with Gasteiger partial charge in [0.05, 0.1) is 0 Å². The van der Waals surface area contributed by atoms with Crippen molar-refractivity contribution in [3.8, 4) is 0 Å². The second kappa shape index (κ2) is 6.58. The lowest BCUT2D eigenvalue weighted by Crippen LogP contribution is -2.37. The number of hydrogen-bond acceptors (Lipinski definition) is 4. The van der Waals surface area contributed by atoms with Gasteiger partial charge in [0.25, 0.3) is 5.56 Å². The number of fused-ring (bicyclic) bond motifs is 1. The number of aromatic nitrogens is 4. The van der Waals surface area contributed by atoms with Crippen LogP contribution in [0.4, 0.5) is 5.95 Å². The van der Waals surface area contributed by atoms with E-state index in [1.54, 1.807) is 7.05 Å². The summed E-state index contributed by atoms with van der Waals surface area (Å²) in [6.45, 7) is 3.39. The smallest absolute Gasteiger partial charge is 0.332 e. The maximum Gasteiger partial charge on any atom is 0.332 e. The van der Waals surface area contributed by atoms with Crippen LogP contribution in [-0.4, -0.2) is 25.7 Å². The zero-order valence-electron chi connectivity index (χ0n) is 15.1. The first-order chi connectivity index (χ1) is 12.0. The molecule has 0 atom stereocenters. The molecule has 0 aliphatic rings. The van der Waals surface area contributed by atoms with Crippen molar-refractivity contribution in [2.45, 2.75) is 26.4 Å². The monoisotopic (exact) mass is 341 g/mol. The van der Waals surface area contributed by atoms with Crippen LogP contribution in [0.1, 0.15) is 18.9 Å². The van der Waals surface area contributed by atoms with Gasteiger partial charge in [0, 0.05) is 34.2 Å². The number of aryl methyl sites for hydroxylation is 2. The van der Waals surface area contributed by atoms with Crippen LogP contribution in [0.15, 0.2) is 39.9 Å². The molecular formula is C18H23N5O2. The lowest BCUT2D eigenvalue weighted by Gasteiger charge is -2.19. The van der Waals surface area contributed by atoms with Gasteiger partial charge in [0.2, 0.25) is 5.95 Å². The number of hydrogen-bond donors (Lipinski definition) is 0. The molecule has 0 aliphatic carbocycles. The summed E-state index contributed by atoms with van der Waals surface area (Å²) in [5.41, 5.74) is 1.38. The molecule has 0 amide bonds. The fourth-order valence-electron chi connectivity index (χ4n) is 3.09. The van der Waals surface area contributed by atoms with Gasteiger partial charge >= 0.3 is 5.69 Å². The molecule has 0 N–H and O–H groups in total. The minimum atomic E-state index is -0.365. The van der Waals surface area contributed by atoms with Crippen molar-refractivity contribution in [3.05, 3.63) is 56.7 Å². The maximum atomic E-state index is 12.7. The highest BCUT2D eigenvalue weighted by atomic mass is 16.2. The molecule has 0 radical (unpaired) electrons. The first-order valence-electron chi connectivity index (χ1n) is 8.37. The Bertz CT molecular complexity index is 1010. The molecule has 7 nitrogen and oxygen atoms in total. The molecule has 0 spiro atoms. The summed E-state index contributed by atoms with van der Waals surface area (Å²) < 4.78 is 4.49. The van der Waals surface area contributed by atoms with E-state index in [1.165, 1.54) is 11.6 Å². The minimum Gasteiger partial charge on any atom is -0.341 e. The van der Waals surface area contributed by atoms with Crippen molar-refractivity contribution in [1.29, 1.82) is 0 Å². The molecule has 0 saturated heterocycles. The van der Waals surface area contributed by atoms with Crippen molar-refractivity contribution < 1.29 is 0 Å². The van der Waals surface area contributed by atoms with Crippen LogP contribution < -0.4 is 16.1 Å². The van der Waals surface area contributed by atoms with Gasteiger partial charge in [-0.05, 0) is 12.0 Å². The molecule has 0 unspecified atom stereocenters. The molecule has 0 aliphatic heterocycles. The minimum absolute atomic E-state index is 0.307. The maximum absolute atomic E-state index is 12.7. The first kappa shape index (κ1) is 17.0. The average Bonchev–Trinajstić information content (AvgIpc) is 2.99. The summed E-state index contributed by atoms with van der Waals surface area (Å²) in [5.74, 6) is 0.694. The van der Waals surface area contributed by atoms with E-state index in [0.717, 1.165) is 16.6 Å². The second-order valence-corrected chi connectivity index (χ2v) is 6.28. The number of nitrogens with zero attached hydrogens (tertiary/aromatic N) is 5. The van der Waals surface area contributed by atoms with Crippen LogP contribution in [0, 0.1) is 0 Å². The summed E-state index contributed by atoms with van der Waals surface area (Å²) in [6.07, 6.45) is 0.865. The van der Waals surface area contributed by atoms with Gasteiger partial charge in [-0.3, -0.25) is 13.9 Å². The first-order valence-corrected chi connectivity index (χ1v) is 8.37. The third-order valence-corrected chi connectivity index (χ3v) is 4.38. The molecule has 3 aromatic rings. The third kappa shape index (κ3) is 2.86. The fourth-order valence-corrected chi connectivity index (χ4v) is 3.09. The Morgan fingerprint density at radius 1 is 1.08 bits per heavy atom. The SMILES string of the molecule is CCCn1c(N(C)Cc2ccccc2)nc2c1c(=O)n(C)c(=O)n2C. The van der Waals surface area contributed by atoms with E-state index in [2.05, 4.69) is 24.0 Å². The summed E-state index contributed by atoms with van der Waals surface area (Å²) in [4.78, 5) is 31.5. The number of benzene rings is 1. The fraction of sp³-hybridized carbons (Fsp3) is 0.389. The van der Waals surface area contributed by atoms with Gasteiger partial charge in [0.15, 0.2) is 11.2 Å². The predicted octanol–water partition coefficient (Wildman–Crippen LogP) is 1.48. The van der Waals surface area contributed by atoms with E-state index in [-0.39, 0.29) is 11.2 Å². The van der Waals surface area contributed by atoms with Gasteiger partial charge in [-0.25, -0.2) is 4.79 Å². The Labute approximate surface area is 145 Å². The van der Waals surface area contributed by atoms with E-state index in [1.807, 2.05) is 34.7 Å². The normalized spacial score (nSPS) is 11.2. The van der Waals surface area contributed by atoms with E-state index in [4.69, 9.17) is 0 Å². The van der Waals surface area contributed by atoms with Crippen molar-refractivity contribution in [1.82, 2.24) is 18.7 Å². The number of anilines is 1. The highest BCUT2D eigenvalue weighted by Crippen LogP contribution is 2.20.